The van der Waals surface area contributed by atoms with Gasteiger partial charge in [-0.25, -0.2) is 4.98 Å². The zero-order valence-corrected chi connectivity index (χ0v) is 13.2. The van der Waals surface area contributed by atoms with E-state index in [4.69, 9.17) is 4.52 Å². The number of pyridine rings is 1. The molecule has 3 aromatic rings. The fourth-order valence-electron chi connectivity index (χ4n) is 3.01. The van der Waals surface area contributed by atoms with Gasteiger partial charge in [0.25, 0.3) is 11.6 Å². The van der Waals surface area contributed by atoms with Crippen LogP contribution in [0.2, 0.25) is 0 Å². The van der Waals surface area contributed by atoms with E-state index in [1.807, 2.05) is 17.9 Å². The highest BCUT2D eigenvalue weighted by molar-refractivity contribution is 7.10. The predicted molar refractivity (Wildman–Crippen MR) is 84.0 cm³/mol. The highest BCUT2D eigenvalue weighted by Crippen LogP contribution is 2.33. The molecule has 4 rings (SSSR count). The Kier molecular flexibility index (Phi) is 3.00. The summed E-state index contributed by atoms with van der Waals surface area (Å²) in [4.78, 5) is 20.4. The van der Waals surface area contributed by atoms with Crippen molar-refractivity contribution in [3.8, 4) is 0 Å². The van der Waals surface area contributed by atoms with Gasteiger partial charge in [0.15, 0.2) is 0 Å². The maximum atomic E-state index is 12.9. The molecule has 1 amide bonds. The number of fused-ring (bicyclic) bond motifs is 2. The first kappa shape index (κ1) is 13.5. The summed E-state index contributed by atoms with van der Waals surface area (Å²) in [7, 11) is 0. The highest BCUT2D eigenvalue weighted by atomic mass is 32.1. The molecule has 0 saturated heterocycles. The van der Waals surface area contributed by atoms with Gasteiger partial charge >= 0.3 is 0 Å². The normalized spacial score (nSPS) is 17.7. The van der Waals surface area contributed by atoms with Crippen LogP contribution < -0.4 is 0 Å². The van der Waals surface area contributed by atoms with Crippen LogP contribution >= 0.6 is 11.3 Å². The Morgan fingerprint density at radius 3 is 3.23 bits per heavy atom. The Bertz CT molecular complexity index is 867. The molecule has 112 valence electrons. The Balaban J connectivity index is 1.70. The van der Waals surface area contributed by atoms with E-state index in [1.54, 1.807) is 17.5 Å². The summed E-state index contributed by atoms with van der Waals surface area (Å²) in [5.41, 5.74) is 3.08. The van der Waals surface area contributed by atoms with E-state index in [9.17, 15) is 4.79 Å². The van der Waals surface area contributed by atoms with E-state index >= 15 is 0 Å². The van der Waals surface area contributed by atoms with Crippen molar-refractivity contribution in [1.82, 2.24) is 15.0 Å². The van der Waals surface area contributed by atoms with Crippen LogP contribution in [0.25, 0.3) is 11.1 Å². The molecule has 4 heterocycles. The van der Waals surface area contributed by atoms with E-state index in [2.05, 4.69) is 28.5 Å². The Hall–Kier alpha value is -2.21. The zero-order valence-electron chi connectivity index (χ0n) is 12.4. The number of aromatic nitrogens is 2. The number of carbonyl (C=O) groups excluding carboxylic acids is 1. The summed E-state index contributed by atoms with van der Waals surface area (Å²) in [6, 6.07) is 4.05. The Morgan fingerprint density at radius 1 is 1.50 bits per heavy atom. The molecule has 0 aromatic carbocycles. The van der Waals surface area contributed by atoms with Crippen molar-refractivity contribution < 1.29 is 9.32 Å². The van der Waals surface area contributed by atoms with Crippen LogP contribution in [0.5, 0.6) is 0 Å². The third kappa shape index (κ3) is 1.94. The van der Waals surface area contributed by atoms with Gasteiger partial charge in [-0.05, 0) is 43.3 Å². The van der Waals surface area contributed by atoms with Crippen LogP contribution in [0.1, 0.15) is 39.5 Å². The van der Waals surface area contributed by atoms with Crippen LogP contribution in [0.3, 0.4) is 0 Å². The lowest BCUT2D eigenvalue weighted by Crippen LogP contribution is -2.38. The molecule has 1 aliphatic heterocycles. The monoisotopic (exact) mass is 313 g/mol. The predicted octanol–water partition coefficient (Wildman–Crippen LogP) is 3.35. The number of nitrogens with zero attached hydrogens (tertiary/aromatic N) is 3. The van der Waals surface area contributed by atoms with Gasteiger partial charge in [-0.15, -0.1) is 11.3 Å². The summed E-state index contributed by atoms with van der Waals surface area (Å²) in [5, 5.41) is 6.78. The number of thiophene rings is 1. The fourth-order valence-corrected chi connectivity index (χ4v) is 3.98. The van der Waals surface area contributed by atoms with Gasteiger partial charge in [0.05, 0.1) is 22.7 Å². The second-order valence-corrected chi connectivity index (χ2v) is 6.57. The summed E-state index contributed by atoms with van der Waals surface area (Å²) < 4.78 is 5.10. The van der Waals surface area contributed by atoms with E-state index < -0.39 is 0 Å². The van der Waals surface area contributed by atoms with Crippen molar-refractivity contribution in [1.29, 1.82) is 0 Å². The number of aryl methyl sites for hydroxylation is 1. The minimum Gasteiger partial charge on any atom is -0.336 e. The molecule has 1 atom stereocenters. The quantitative estimate of drug-likeness (QED) is 0.691. The SMILES string of the molecule is Cc1noc2ncc(C(=O)N3CCc4sccc4C3C)cc12. The van der Waals surface area contributed by atoms with Crippen LogP contribution in [-0.4, -0.2) is 27.5 Å². The maximum Gasteiger partial charge on any atom is 0.257 e. The first-order valence-electron chi connectivity index (χ1n) is 7.24. The molecule has 0 N–H and O–H groups in total. The van der Waals surface area contributed by atoms with Gasteiger partial charge in [0.2, 0.25) is 0 Å². The number of hydrogen-bond donors (Lipinski definition) is 0. The second-order valence-electron chi connectivity index (χ2n) is 5.57. The number of rotatable bonds is 1. The van der Waals surface area contributed by atoms with Crippen molar-refractivity contribution in [3.63, 3.8) is 0 Å². The highest BCUT2D eigenvalue weighted by Gasteiger charge is 2.29. The van der Waals surface area contributed by atoms with Crippen molar-refractivity contribution in [3.05, 3.63) is 45.4 Å². The third-order valence-corrected chi connectivity index (χ3v) is 5.29. The van der Waals surface area contributed by atoms with Crippen molar-refractivity contribution in [2.24, 2.45) is 0 Å². The molecule has 0 aliphatic carbocycles. The average Bonchev–Trinajstić information content (AvgIpc) is 3.14. The van der Waals surface area contributed by atoms with Crippen LogP contribution in [0, 0.1) is 6.92 Å². The molecule has 3 aromatic heterocycles. The van der Waals surface area contributed by atoms with Gasteiger partial charge in [-0.1, -0.05) is 5.16 Å². The molecule has 0 saturated carbocycles. The van der Waals surface area contributed by atoms with Crippen molar-refractivity contribution in [2.45, 2.75) is 26.3 Å². The first-order chi connectivity index (χ1) is 10.6. The number of carbonyl (C=O) groups is 1. The average molecular weight is 313 g/mol. The van der Waals surface area contributed by atoms with Gasteiger partial charge in [0.1, 0.15) is 0 Å². The minimum absolute atomic E-state index is 0.0133. The molecule has 0 spiro atoms. The molecule has 0 fully saturated rings. The lowest BCUT2D eigenvalue weighted by atomic mass is 10.0. The lowest BCUT2D eigenvalue weighted by Gasteiger charge is -2.33. The van der Waals surface area contributed by atoms with Crippen molar-refractivity contribution in [2.75, 3.05) is 6.54 Å². The molecule has 6 heteroatoms. The molecule has 5 nitrogen and oxygen atoms in total. The van der Waals surface area contributed by atoms with E-state index in [0.717, 1.165) is 24.0 Å². The van der Waals surface area contributed by atoms with Gasteiger partial charge < -0.3 is 9.42 Å². The molecule has 22 heavy (non-hydrogen) atoms. The molecule has 1 unspecified atom stereocenters. The standard InChI is InChI=1S/C16H15N3O2S/c1-9-13-7-11(8-17-15(13)21-18-9)16(20)19-5-3-14-12(10(19)2)4-6-22-14/h4,6-8,10H,3,5H2,1-2H3. The summed E-state index contributed by atoms with van der Waals surface area (Å²) in [6.45, 7) is 4.68. The van der Waals surface area contributed by atoms with E-state index in [1.165, 1.54) is 10.4 Å². The van der Waals surface area contributed by atoms with Crippen molar-refractivity contribution >= 4 is 28.3 Å². The largest absolute Gasteiger partial charge is 0.336 e. The third-order valence-electron chi connectivity index (χ3n) is 4.30. The smallest absolute Gasteiger partial charge is 0.257 e. The molecule has 1 aliphatic rings. The zero-order chi connectivity index (χ0) is 15.3. The van der Waals surface area contributed by atoms with E-state index in [0.29, 0.717) is 11.3 Å². The fraction of sp³-hybridized carbons (Fsp3) is 0.312. The Labute approximate surface area is 131 Å². The summed E-state index contributed by atoms with van der Waals surface area (Å²) in [6.07, 6.45) is 2.50. The topological polar surface area (TPSA) is 59.2 Å². The molecule has 0 radical (unpaired) electrons. The van der Waals surface area contributed by atoms with Crippen LogP contribution in [0.4, 0.5) is 0 Å². The van der Waals surface area contributed by atoms with E-state index in [-0.39, 0.29) is 11.9 Å². The number of hydrogen-bond acceptors (Lipinski definition) is 5. The van der Waals surface area contributed by atoms with Gasteiger partial charge in [-0.2, -0.15) is 0 Å². The van der Waals surface area contributed by atoms with Gasteiger partial charge in [-0.3, -0.25) is 4.79 Å². The maximum absolute atomic E-state index is 12.9. The lowest BCUT2D eigenvalue weighted by molar-refractivity contribution is 0.0679. The molecular weight excluding hydrogens is 298 g/mol. The number of amides is 1. The minimum atomic E-state index is 0.0133. The van der Waals surface area contributed by atoms with Crippen LogP contribution in [0.15, 0.2) is 28.2 Å². The van der Waals surface area contributed by atoms with Gasteiger partial charge in [0, 0.05) is 17.6 Å². The summed E-state index contributed by atoms with van der Waals surface area (Å²) in [5.74, 6) is 0.0133. The Morgan fingerprint density at radius 2 is 2.36 bits per heavy atom. The molecular formula is C16H15N3O2S. The first-order valence-corrected chi connectivity index (χ1v) is 8.12. The summed E-state index contributed by atoms with van der Waals surface area (Å²) >= 11 is 1.77. The van der Waals surface area contributed by atoms with Crippen LogP contribution in [-0.2, 0) is 6.42 Å². The second kappa shape index (κ2) is 4.91. The molecule has 0 bridgehead atoms.